The van der Waals surface area contributed by atoms with Crippen molar-refractivity contribution in [1.82, 2.24) is 20.9 Å². The fraction of sp³-hybridized carbons (Fsp3) is 0.923. The van der Waals surface area contributed by atoms with Crippen molar-refractivity contribution in [3.63, 3.8) is 0 Å². The molecule has 0 spiro atoms. The van der Waals surface area contributed by atoms with Gasteiger partial charge in [0.2, 0.25) is 23.6 Å². The summed E-state index contributed by atoms with van der Waals surface area (Å²) in [5.74, 6) is 5.67. The van der Waals surface area contributed by atoms with E-state index in [1.807, 2.05) is 74.1 Å². The number of β-amino-alcohol motifs (C(OH)–C–C–N with tert-alkyl or cyclic N) is 1. The van der Waals surface area contributed by atoms with Gasteiger partial charge in [0.15, 0.2) is 0 Å². The van der Waals surface area contributed by atoms with Crippen LogP contribution in [0.5, 0.6) is 0 Å². The number of aliphatic hydroxyl groups excluding tert-OH is 3. The molecule has 0 radical (unpaired) electrons. The molecule has 13 nitrogen and oxygen atoms in total. The number of likely N-dealkylation sites (tertiary alicyclic amines) is 1. The lowest BCUT2D eigenvalue weighted by Gasteiger charge is -2.28. The Morgan fingerprint density at radius 3 is 1.27 bits per heavy atom. The van der Waals surface area contributed by atoms with Crippen molar-refractivity contribution in [2.75, 3.05) is 39.5 Å². The molecule has 7 rings (SSSR count). The third-order valence-corrected chi connectivity index (χ3v) is 15.9. The van der Waals surface area contributed by atoms with Crippen LogP contribution >= 0.6 is 0 Å². The molecule has 4 atom stereocenters. The molecule has 0 aromatic carbocycles. The van der Waals surface area contributed by atoms with Crippen molar-refractivity contribution in [3.8, 4) is 0 Å². The molecule has 2 heterocycles. The summed E-state index contributed by atoms with van der Waals surface area (Å²) in [7, 11) is 0. The number of nitrogens with one attached hydrogen (secondary N) is 3. The van der Waals surface area contributed by atoms with Crippen molar-refractivity contribution < 1.29 is 44.0 Å². The van der Waals surface area contributed by atoms with E-state index in [-0.39, 0.29) is 78.1 Å². The van der Waals surface area contributed by atoms with Gasteiger partial charge in [0.25, 0.3) is 0 Å². The van der Waals surface area contributed by atoms with Gasteiger partial charge in [-0.15, -0.1) is 0 Å². The zero-order valence-corrected chi connectivity index (χ0v) is 53.7. The van der Waals surface area contributed by atoms with Crippen LogP contribution in [-0.2, 0) is 28.7 Å². The maximum atomic E-state index is 12.1. The Labute approximate surface area is 480 Å². The maximum Gasteiger partial charge on any atom is 0.225 e. The number of ether oxygens (including phenoxy) is 1. The predicted octanol–water partition coefficient (Wildman–Crippen LogP) is 13.0. The Hall–Kier alpha value is -2.61. The first-order chi connectivity index (χ1) is 37.2. The van der Waals surface area contributed by atoms with Crippen molar-refractivity contribution in [1.29, 1.82) is 0 Å². The zero-order valence-electron chi connectivity index (χ0n) is 53.7. The lowest BCUT2D eigenvalue weighted by Crippen LogP contribution is -2.40. The smallest absolute Gasteiger partial charge is 0.225 e. The summed E-state index contributed by atoms with van der Waals surface area (Å²) in [6, 6.07) is 0.700. The SMILES string of the molecule is CC.CC.CC.CC.CC1CCC(C(=O)N2CC[C@@H](O)C2)CC1.CC1CCC(C(=O)NC2CC2)CC1.CC1CCC(C(=O)NC2CCOC2)CC1.CC1CCC(C(=O)N[C@@H](C)CO)CC1.CCC(CO)CC(=O)CC(C)(C)C. The molecule has 0 bridgehead atoms. The van der Waals surface area contributed by atoms with E-state index in [9.17, 15) is 29.1 Å². The van der Waals surface area contributed by atoms with Gasteiger partial charge in [-0.25, -0.2) is 0 Å². The Bertz CT molecular complexity index is 1500. The van der Waals surface area contributed by atoms with Crippen LogP contribution in [0.15, 0.2) is 0 Å². The summed E-state index contributed by atoms with van der Waals surface area (Å²) in [5, 5.41) is 36.1. The predicted molar refractivity (Wildman–Crippen MR) is 325 cm³/mol. The van der Waals surface area contributed by atoms with Gasteiger partial charge < -0.3 is 40.9 Å². The highest BCUT2D eigenvalue weighted by molar-refractivity contribution is 5.81. The average Bonchev–Trinajstić information content (AvgIpc) is 3.90. The van der Waals surface area contributed by atoms with Crippen molar-refractivity contribution in [2.45, 2.75) is 290 Å². The van der Waals surface area contributed by atoms with Crippen molar-refractivity contribution in [2.24, 2.45) is 58.7 Å². The van der Waals surface area contributed by atoms with E-state index in [1.54, 1.807) is 0 Å². The van der Waals surface area contributed by atoms with Gasteiger partial charge in [0, 0.05) is 74.9 Å². The van der Waals surface area contributed by atoms with E-state index in [1.165, 1.54) is 51.4 Å². The van der Waals surface area contributed by atoms with E-state index in [0.717, 1.165) is 120 Å². The van der Waals surface area contributed by atoms with Crippen LogP contribution in [0, 0.1) is 58.7 Å². The second-order valence-electron chi connectivity index (χ2n) is 24.4. The zero-order chi connectivity index (χ0) is 59.8. The van der Waals surface area contributed by atoms with E-state index in [0.29, 0.717) is 49.8 Å². The van der Waals surface area contributed by atoms with E-state index >= 15 is 0 Å². The number of carbonyl (C=O) groups excluding carboxylic acids is 5. The Morgan fingerprint density at radius 2 is 0.949 bits per heavy atom. The molecule has 78 heavy (non-hydrogen) atoms. The molecule has 462 valence electrons. The fourth-order valence-corrected chi connectivity index (χ4v) is 10.5. The number of amides is 4. The van der Waals surface area contributed by atoms with Crippen LogP contribution in [0.4, 0.5) is 0 Å². The molecule has 4 amide bonds. The standard InChI is InChI=1S/2C12H21NO2.C11H21NO2.C11H19NO.C11H22O2.4C2H6/c1-9-2-4-10(5-3-9)12(14)13-11-6-7-15-8-11;1-9-2-4-10(5-3-9)12(15)13-7-6-11(14)8-13;1-8-3-5-10(6-4-8)11(14)12-9(2)7-13;1-8-2-4-9(5-3-8)11(13)12-10-6-7-10;1-5-9(8-12)6-10(13)7-11(2,3)4;4*1-2/h9-11H,2-8H2,1H3,(H,13,14);9-11,14H,2-8H2,1H3;8-10,13H,3-7H2,1-2H3,(H,12,14);8-10H,2-7H2,1H3,(H,12,13);9,12H,5-8H2,1-4H3;4*1-2H3/t;9?,10?,11-;8?,9-,10?;;;;;;/m.10....../s1. The largest absolute Gasteiger partial charge is 0.396 e. The lowest BCUT2D eigenvalue weighted by molar-refractivity contribution is -0.136. The lowest BCUT2D eigenvalue weighted by atomic mass is 9.82. The Morgan fingerprint density at radius 1 is 0.551 bits per heavy atom. The molecule has 2 aliphatic heterocycles. The number of hydrogen-bond acceptors (Lipinski definition) is 9. The number of rotatable bonds is 13. The fourth-order valence-electron chi connectivity index (χ4n) is 10.5. The highest BCUT2D eigenvalue weighted by Crippen LogP contribution is 2.33. The van der Waals surface area contributed by atoms with Crippen LogP contribution in [0.25, 0.3) is 0 Å². The molecular formula is C65H128N4O9. The average molecular weight is 1110 g/mol. The van der Waals surface area contributed by atoms with Crippen LogP contribution in [0.2, 0.25) is 0 Å². The molecule has 5 saturated carbocycles. The van der Waals surface area contributed by atoms with Gasteiger partial charge in [-0.3, -0.25) is 24.0 Å². The van der Waals surface area contributed by atoms with Crippen LogP contribution in [0.3, 0.4) is 0 Å². The number of nitrogens with zero attached hydrogens (tertiary/aromatic N) is 1. The van der Waals surface area contributed by atoms with Crippen molar-refractivity contribution >= 4 is 29.4 Å². The molecule has 2 unspecified atom stereocenters. The second kappa shape index (κ2) is 45.9. The molecule has 0 aromatic heterocycles. The third kappa shape index (κ3) is 36.0. The van der Waals surface area contributed by atoms with Gasteiger partial charge in [-0.05, 0) is 170 Å². The van der Waals surface area contributed by atoms with Gasteiger partial charge >= 0.3 is 0 Å². The van der Waals surface area contributed by atoms with Crippen molar-refractivity contribution in [3.05, 3.63) is 0 Å². The number of hydrogen-bond donors (Lipinski definition) is 6. The Balaban J connectivity index is 0. The summed E-state index contributed by atoms with van der Waals surface area (Å²) in [5.41, 5.74) is 0.0742. The summed E-state index contributed by atoms with van der Waals surface area (Å²) in [4.78, 5) is 60.6. The molecule has 13 heteroatoms. The van der Waals surface area contributed by atoms with E-state index < -0.39 is 0 Å². The normalized spacial score (nSPS) is 27.8. The molecule has 7 aliphatic rings. The molecule has 0 aromatic rings. The third-order valence-electron chi connectivity index (χ3n) is 15.9. The Kier molecular flexibility index (Phi) is 45.6. The summed E-state index contributed by atoms with van der Waals surface area (Å²) in [6.07, 6.45) is 23.9. The van der Waals surface area contributed by atoms with Crippen LogP contribution in [0.1, 0.15) is 265 Å². The molecule has 5 aliphatic carbocycles. The number of ketones is 1. The number of Topliss-reactive ketones (excluding diaryl/α,β-unsaturated/α-hetero) is 1. The van der Waals surface area contributed by atoms with Gasteiger partial charge in [-0.2, -0.15) is 0 Å². The molecule has 7 fully saturated rings. The number of aliphatic hydroxyl groups is 3. The van der Waals surface area contributed by atoms with Crippen LogP contribution < -0.4 is 16.0 Å². The van der Waals surface area contributed by atoms with Gasteiger partial charge in [-0.1, -0.05) is 117 Å². The minimum absolute atomic E-state index is 0.0227. The highest BCUT2D eigenvalue weighted by atomic mass is 16.5. The van der Waals surface area contributed by atoms with E-state index in [2.05, 4.69) is 64.4 Å². The molecular weight excluding hydrogens is 981 g/mol. The first kappa shape index (κ1) is 77.5. The summed E-state index contributed by atoms with van der Waals surface area (Å²) < 4.78 is 5.25. The summed E-state index contributed by atoms with van der Waals surface area (Å²) >= 11 is 0. The second-order valence-corrected chi connectivity index (χ2v) is 24.4. The van der Waals surface area contributed by atoms with Gasteiger partial charge in [0.05, 0.1) is 25.4 Å². The van der Waals surface area contributed by atoms with E-state index in [4.69, 9.17) is 14.9 Å². The molecule has 2 saturated heterocycles. The monoisotopic (exact) mass is 1110 g/mol. The maximum absolute atomic E-state index is 12.1. The first-order valence-electron chi connectivity index (χ1n) is 32.4. The quantitative estimate of drug-likeness (QED) is 0.104. The first-order valence-corrected chi connectivity index (χ1v) is 32.4. The van der Waals surface area contributed by atoms with Crippen LogP contribution in [-0.4, -0.2) is 113 Å². The topological polar surface area (TPSA) is 195 Å². The van der Waals surface area contributed by atoms with Gasteiger partial charge in [0.1, 0.15) is 5.78 Å². The number of carbonyl (C=O) groups is 5. The summed E-state index contributed by atoms with van der Waals surface area (Å²) in [6.45, 7) is 38.0. The highest BCUT2D eigenvalue weighted by Gasteiger charge is 2.33. The molecule has 6 N–H and O–H groups in total. The minimum Gasteiger partial charge on any atom is -0.396 e. The minimum atomic E-state index is -0.281.